The molecule has 0 heterocycles. The van der Waals surface area contributed by atoms with E-state index in [-0.39, 0.29) is 12.1 Å². The van der Waals surface area contributed by atoms with Crippen molar-refractivity contribution in [3.8, 4) is 0 Å². The summed E-state index contributed by atoms with van der Waals surface area (Å²) in [5.41, 5.74) is 0. The molecule has 74 valence electrons. The van der Waals surface area contributed by atoms with E-state index in [0.29, 0.717) is 0 Å². The van der Waals surface area contributed by atoms with Crippen LogP contribution in [0.5, 0.6) is 0 Å². The fourth-order valence-corrected chi connectivity index (χ4v) is 1.53. The summed E-state index contributed by atoms with van der Waals surface area (Å²) < 4.78 is 4.56. The summed E-state index contributed by atoms with van der Waals surface area (Å²) in [5, 5.41) is 2.84. The summed E-state index contributed by atoms with van der Waals surface area (Å²) in [6.45, 7) is 0. The molecule has 0 aromatic rings. The lowest BCUT2D eigenvalue weighted by Gasteiger charge is -2.18. The van der Waals surface area contributed by atoms with Crippen LogP contribution in [0.25, 0.3) is 0 Å². The lowest BCUT2D eigenvalue weighted by molar-refractivity contribution is 0.165. The molecule has 0 aliphatic heterocycles. The van der Waals surface area contributed by atoms with Crippen LogP contribution in [0.4, 0.5) is 4.79 Å². The van der Waals surface area contributed by atoms with Crippen molar-refractivity contribution in [2.75, 3.05) is 7.11 Å². The fraction of sp³-hybridized carbons (Fsp3) is 0.700. The summed E-state index contributed by atoms with van der Waals surface area (Å²) in [5.74, 6) is 0. The second-order valence-corrected chi connectivity index (χ2v) is 3.31. The Hall–Kier alpha value is -0.990. The minimum absolute atomic E-state index is 0.289. The molecule has 1 unspecified atom stereocenters. The number of amides is 1. The molecule has 1 amide bonds. The van der Waals surface area contributed by atoms with Gasteiger partial charge in [-0.25, -0.2) is 4.79 Å². The lowest BCUT2D eigenvalue weighted by Crippen LogP contribution is -2.34. The van der Waals surface area contributed by atoms with Crippen molar-refractivity contribution < 1.29 is 9.53 Å². The van der Waals surface area contributed by atoms with Crippen LogP contribution < -0.4 is 5.32 Å². The monoisotopic (exact) mass is 183 g/mol. The zero-order chi connectivity index (χ0) is 9.52. The van der Waals surface area contributed by atoms with Crippen LogP contribution in [0.15, 0.2) is 12.2 Å². The standard InChI is InChI=1S/C10H17NO2/c1-13-10(12)11-9-7-5-3-2-4-6-8-9/h2-3,9H,4-8H2,1H3,(H,11,12)/b3-2-. The minimum atomic E-state index is -0.311. The van der Waals surface area contributed by atoms with Crippen LogP contribution in [-0.2, 0) is 4.74 Å². The molecular formula is C10H17NO2. The van der Waals surface area contributed by atoms with Crippen LogP contribution in [-0.4, -0.2) is 19.2 Å². The Morgan fingerprint density at radius 2 is 2.15 bits per heavy atom. The molecule has 1 atom stereocenters. The molecule has 0 aromatic heterocycles. The van der Waals surface area contributed by atoms with Crippen LogP contribution >= 0.6 is 0 Å². The molecule has 1 rings (SSSR count). The normalized spacial score (nSPS) is 25.5. The summed E-state index contributed by atoms with van der Waals surface area (Å²) in [7, 11) is 1.40. The van der Waals surface area contributed by atoms with Gasteiger partial charge in [0, 0.05) is 6.04 Å². The number of alkyl carbamates (subject to hydrolysis) is 1. The van der Waals surface area contributed by atoms with Crippen molar-refractivity contribution in [1.82, 2.24) is 5.32 Å². The van der Waals surface area contributed by atoms with Gasteiger partial charge in [0.15, 0.2) is 0 Å². The molecule has 0 saturated heterocycles. The van der Waals surface area contributed by atoms with E-state index in [4.69, 9.17) is 0 Å². The molecule has 1 aliphatic carbocycles. The van der Waals surface area contributed by atoms with E-state index in [9.17, 15) is 4.79 Å². The molecule has 3 nitrogen and oxygen atoms in total. The molecule has 0 aromatic carbocycles. The van der Waals surface area contributed by atoms with Gasteiger partial charge >= 0.3 is 6.09 Å². The van der Waals surface area contributed by atoms with Gasteiger partial charge in [0.1, 0.15) is 0 Å². The highest BCUT2D eigenvalue weighted by Gasteiger charge is 2.11. The summed E-state index contributed by atoms with van der Waals surface area (Å²) >= 11 is 0. The van der Waals surface area contributed by atoms with Crippen LogP contribution in [0, 0.1) is 0 Å². The third-order valence-electron chi connectivity index (χ3n) is 2.28. The van der Waals surface area contributed by atoms with Crippen LogP contribution in [0.3, 0.4) is 0 Å². The van der Waals surface area contributed by atoms with Crippen LogP contribution in [0.1, 0.15) is 32.1 Å². The first-order valence-electron chi connectivity index (χ1n) is 4.82. The molecule has 0 bridgehead atoms. The van der Waals surface area contributed by atoms with E-state index >= 15 is 0 Å². The van der Waals surface area contributed by atoms with Crippen LogP contribution in [0.2, 0.25) is 0 Å². The van der Waals surface area contributed by atoms with Gasteiger partial charge in [0.05, 0.1) is 7.11 Å². The molecule has 13 heavy (non-hydrogen) atoms. The van der Waals surface area contributed by atoms with E-state index in [1.165, 1.54) is 7.11 Å². The van der Waals surface area contributed by atoms with E-state index in [2.05, 4.69) is 22.2 Å². The SMILES string of the molecule is COC(=O)NC1CC/C=C\CCC1. The maximum absolute atomic E-state index is 10.9. The predicted molar refractivity (Wildman–Crippen MR) is 51.6 cm³/mol. The Morgan fingerprint density at radius 3 is 2.92 bits per heavy atom. The number of carbonyl (C=O) groups is 1. The smallest absolute Gasteiger partial charge is 0.407 e. The average Bonchev–Trinajstić information content (AvgIpc) is 2.09. The fourth-order valence-electron chi connectivity index (χ4n) is 1.53. The maximum atomic E-state index is 10.9. The third-order valence-corrected chi connectivity index (χ3v) is 2.28. The summed E-state index contributed by atoms with van der Waals surface area (Å²) in [6, 6.07) is 0.289. The number of allylic oxidation sites excluding steroid dienone is 2. The molecular weight excluding hydrogens is 166 g/mol. The Morgan fingerprint density at radius 1 is 1.38 bits per heavy atom. The number of rotatable bonds is 1. The van der Waals surface area contributed by atoms with E-state index < -0.39 is 0 Å². The molecule has 3 heteroatoms. The largest absolute Gasteiger partial charge is 0.453 e. The first-order chi connectivity index (χ1) is 6.33. The third kappa shape index (κ3) is 3.97. The molecule has 1 N–H and O–H groups in total. The molecule has 0 fully saturated rings. The number of carbonyl (C=O) groups excluding carboxylic acids is 1. The quantitative estimate of drug-likeness (QED) is 0.633. The highest BCUT2D eigenvalue weighted by Crippen LogP contribution is 2.12. The van der Waals surface area contributed by atoms with Crippen molar-refractivity contribution in [2.24, 2.45) is 0 Å². The summed E-state index contributed by atoms with van der Waals surface area (Å²) in [4.78, 5) is 10.9. The zero-order valence-electron chi connectivity index (χ0n) is 8.08. The van der Waals surface area contributed by atoms with Crippen molar-refractivity contribution in [3.05, 3.63) is 12.2 Å². The molecule has 0 spiro atoms. The summed E-state index contributed by atoms with van der Waals surface area (Å²) in [6.07, 6.45) is 9.48. The number of methoxy groups -OCH3 is 1. The lowest BCUT2D eigenvalue weighted by atomic mass is 10.0. The van der Waals surface area contributed by atoms with Gasteiger partial charge in [-0.15, -0.1) is 0 Å². The topological polar surface area (TPSA) is 38.3 Å². The van der Waals surface area contributed by atoms with Gasteiger partial charge in [-0.2, -0.15) is 0 Å². The first kappa shape index (κ1) is 10.1. The Balaban J connectivity index is 2.31. The van der Waals surface area contributed by atoms with Crippen molar-refractivity contribution in [2.45, 2.75) is 38.1 Å². The molecule has 1 aliphatic rings. The highest BCUT2D eigenvalue weighted by atomic mass is 16.5. The number of hydrogen-bond donors (Lipinski definition) is 1. The first-order valence-corrected chi connectivity index (χ1v) is 4.82. The van der Waals surface area contributed by atoms with Crippen molar-refractivity contribution in [3.63, 3.8) is 0 Å². The van der Waals surface area contributed by atoms with E-state index in [1.54, 1.807) is 0 Å². The minimum Gasteiger partial charge on any atom is -0.453 e. The van der Waals surface area contributed by atoms with Gasteiger partial charge in [-0.1, -0.05) is 12.2 Å². The molecule has 0 radical (unpaired) electrons. The van der Waals surface area contributed by atoms with Gasteiger partial charge in [0.2, 0.25) is 0 Å². The number of ether oxygens (including phenoxy) is 1. The Kier molecular flexibility index (Phi) is 4.36. The van der Waals surface area contributed by atoms with E-state index in [1.807, 2.05) is 0 Å². The Labute approximate surface area is 79.2 Å². The zero-order valence-corrected chi connectivity index (χ0v) is 8.08. The van der Waals surface area contributed by atoms with E-state index in [0.717, 1.165) is 32.1 Å². The number of nitrogens with one attached hydrogen (secondary N) is 1. The van der Waals surface area contributed by atoms with Gasteiger partial charge in [-0.05, 0) is 32.1 Å². The number of hydrogen-bond acceptors (Lipinski definition) is 2. The van der Waals surface area contributed by atoms with Gasteiger partial charge < -0.3 is 10.1 Å². The van der Waals surface area contributed by atoms with Crippen molar-refractivity contribution >= 4 is 6.09 Å². The van der Waals surface area contributed by atoms with Gasteiger partial charge in [-0.3, -0.25) is 0 Å². The van der Waals surface area contributed by atoms with Crippen molar-refractivity contribution in [1.29, 1.82) is 0 Å². The maximum Gasteiger partial charge on any atom is 0.407 e. The Bertz CT molecular complexity index is 189. The average molecular weight is 183 g/mol. The second kappa shape index (κ2) is 5.62. The highest BCUT2D eigenvalue weighted by molar-refractivity contribution is 5.67. The van der Waals surface area contributed by atoms with Gasteiger partial charge in [0.25, 0.3) is 0 Å². The molecule has 0 saturated carbocycles. The predicted octanol–water partition coefficient (Wildman–Crippen LogP) is 2.23. The second-order valence-electron chi connectivity index (χ2n) is 3.31.